The molecule has 3 rings (SSSR count). The Morgan fingerprint density at radius 1 is 0.960 bits per heavy atom. The molecule has 0 unspecified atom stereocenters. The van der Waals surface area contributed by atoms with E-state index in [-0.39, 0.29) is 5.91 Å². The molecule has 0 spiro atoms. The Labute approximate surface area is 154 Å². The Morgan fingerprint density at radius 2 is 1.64 bits per heavy atom. The van der Waals surface area contributed by atoms with Crippen molar-refractivity contribution < 1.29 is 4.79 Å². The lowest BCUT2D eigenvalue weighted by Crippen LogP contribution is -2.34. The minimum atomic E-state index is -0.209. The molecule has 0 aliphatic carbocycles. The highest BCUT2D eigenvalue weighted by Crippen LogP contribution is 2.15. The van der Waals surface area contributed by atoms with Crippen molar-refractivity contribution in [2.75, 3.05) is 18.4 Å². The van der Waals surface area contributed by atoms with E-state index in [4.69, 9.17) is 12.2 Å². The van der Waals surface area contributed by atoms with Gasteiger partial charge in [-0.1, -0.05) is 36.8 Å². The quantitative estimate of drug-likeness (QED) is 0.821. The van der Waals surface area contributed by atoms with Gasteiger partial charge in [0.15, 0.2) is 5.11 Å². The molecule has 1 amide bonds. The number of nitrogens with zero attached hydrogens (tertiary/aromatic N) is 1. The van der Waals surface area contributed by atoms with Gasteiger partial charge in [-0.3, -0.25) is 15.0 Å². The second kappa shape index (κ2) is 8.74. The van der Waals surface area contributed by atoms with Crippen LogP contribution in [0, 0.1) is 0 Å². The van der Waals surface area contributed by atoms with Gasteiger partial charge in [0.05, 0.1) is 0 Å². The van der Waals surface area contributed by atoms with Crippen molar-refractivity contribution in [2.45, 2.75) is 25.8 Å². The molecule has 0 saturated carbocycles. The van der Waals surface area contributed by atoms with E-state index >= 15 is 0 Å². The van der Waals surface area contributed by atoms with E-state index in [0.717, 1.165) is 12.2 Å². The zero-order valence-corrected chi connectivity index (χ0v) is 15.0. The highest BCUT2D eigenvalue weighted by molar-refractivity contribution is 7.80. The van der Waals surface area contributed by atoms with Crippen molar-refractivity contribution in [3.63, 3.8) is 0 Å². The SMILES string of the molecule is O=C(NC(=S)Nc1ccc(CN2CCCCC2)cc1)c1ccccc1. The van der Waals surface area contributed by atoms with E-state index in [9.17, 15) is 4.79 Å². The molecule has 130 valence electrons. The maximum absolute atomic E-state index is 12.1. The summed E-state index contributed by atoms with van der Waals surface area (Å²) in [5.41, 5.74) is 2.76. The number of anilines is 1. The molecule has 1 aliphatic rings. The molecule has 2 aromatic rings. The molecule has 1 fully saturated rings. The van der Waals surface area contributed by atoms with Gasteiger partial charge in [-0.25, -0.2) is 0 Å². The molecule has 4 nitrogen and oxygen atoms in total. The molecule has 0 bridgehead atoms. The van der Waals surface area contributed by atoms with Crippen LogP contribution < -0.4 is 10.6 Å². The second-order valence-corrected chi connectivity index (χ2v) is 6.72. The van der Waals surface area contributed by atoms with Crippen LogP contribution in [0.1, 0.15) is 35.2 Å². The summed E-state index contributed by atoms with van der Waals surface area (Å²) < 4.78 is 0. The number of piperidine rings is 1. The molecule has 1 heterocycles. The second-order valence-electron chi connectivity index (χ2n) is 6.31. The summed E-state index contributed by atoms with van der Waals surface area (Å²) in [4.78, 5) is 14.6. The Morgan fingerprint density at radius 3 is 2.32 bits per heavy atom. The number of hydrogen-bond acceptors (Lipinski definition) is 3. The molecule has 1 saturated heterocycles. The highest BCUT2D eigenvalue weighted by atomic mass is 32.1. The third-order valence-electron chi connectivity index (χ3n) is 4.33. The molecular weight excluding hydrogens is 330 g/mol. The summed E-state index contributed by atoms with van der Waals surface area (Å²) in [5.74, 6) is -0.209. The number of likely N-dealkylation sites (tertiary alicyclic amines) is 1. The Balaban J connectivity index is 1.50. The Hall–Kier alpha value is -2.24. The molecule has 5 heteroatoms. The van der Waals surface area contributed by atoms with Crippen LogP contribution in [0.2, 0.25) is 0 Å². The monoisotopic (exact) mass is 353 g/mol. The molecule has 0 aromatic heterocycles. The average Bonchev–Trinajstić information content (AvgIpc) is 2.65. The van der Waals surface area contributed by atoms with Gasteiger partial charge in [0.1, 0.15) is 0 Å². The van der Waals surface area contributed by atoms with Gasteiger partial charge in [0.2, 0.25) is 0 Å². The largest absolute Gasteiger partial charge is 0.332 e. The number of carbonyl (C=O) groups excluding carboxylic acids is 1. The Kier molecular flexibility index (Phi) is 6.14. The van der Waals surface area contributed by atoms with Crippen LogP contribution in [0.3, 0.4) is 0 Å². The molecule has 0 radical (unpaired) electrons. The smallest absolute Gasteiger partial charge is 0.257 e. The van der Waals surface area contributed by atoms with Gasteiger partial charge in [-0.05, 0) is 68.0 Å². The van der Waals surface area contributed by atoms with Gasteiger partial charge >= 0.3 is 0 Å². The van der Waals surface area contributed by atoms with Crippen LogP contribution in [0.5, 0.6) is 0 Å². The lowest BCUT2D eigenvalue weighted by Gasteiger charge is -2.26. The van der Waals surface area contributed by atoms with E-state index in [1.54, 1.807) is 12.1 Å². The first kappa shape index (κ1) is 17.6. The minimum absolute atomic E-state index is 0.209. The molecule has 25 heavy (non-hydrogen) atoms. The van der Waals surface area contributed by atoms with E-state index in [1.807, 2.05) is 30.3 Å². The number of benzene rings is 2. The Bertz CT molecular complexity index is 709. The summed E-state index contributed by atoms with van der Waals surface area (Å²) in [6.07, 6.45) is 3.95. The summed E-state index contributed by atoms with van der Waals surface area (Å²) in [6, 6.07) is 17.3. The van der Waals surface area contributed by atoms with Crippen molar-refractivity contribution in [3.8, 4) is 0 Å². The van der Waals surface area contributed by atoms with Crippen molar-refractivity contribution >= 4 is 28.9 Å². The molecular formula is C20H23N3OS. The minimum Gasteiger partial charge on any atom is -0.332 e. The fourth-order valence-electron chi connectivity index (χ4n) is 3.00. The fourth-order valence-corrected chi connectivity index (χ4v) is 3.21. The van der Waals surface area contributed by atoms with Gasteiger partial charge in [-0.2, -0.15) is 0 Å². The van der Waals surface area contributed by atoms with E-state index < -0.39 is 0 Å². The molecule has 0 atom stereocenters. The molecule has 2 aromatic carbocycles. The number of nitrogens with one attached hydrogen (secondary N) is 2. The number of amides is 1. The summed E-state index contributed by atoms with van der Waals surface area (Å²) in [6.45, 7) is 3.38. The van der Waals surface area contributed by atoms with Crippen molar-refractivity contribution in [2.24, 2.45) is 0 Å². The zero-order valence-electron chi connectivity index (χ0n) is 14.2. The number of rotatable bonds is 4. The van der Waals surface area contributed by atoms with Gasteiger partial charge in [-0.15, -0.1) is 0 Å². The van der Waals surface area contributed by atoms with E-state index in [2.05, 4.69) is 27.7 Å². The number of thiocarbonyl (C=S) groups is 1. The lowest BCUT2D eigenvalue weighted by molar-refractivity contribution is 0.0977. The third kappa shape index (κ3) is 5.37. The van der Waals surface area contributed by atoms with E-state index in [1.165, 1.54) is 37.9 Å². The summed E-state index contributed by atoms with van der Waals surface area (Å²) >= 11 is 5.22. The summed E-state index contributed by atoms with van der Waals surface area (Å²) in [5, 5.41) is 6.06. The first-order chi connectivity index (χ1) is 12.2. The standard InChI is InChI=1S/C20H23N3OS/c24-19(17-7-3-1-4-8-17)22-20(25)21-18-11-9-16(10-12-18)15-23-13-5-2-6-14-23/h1,3-4,7-12H,2,5-6,13-15H2,(H2,21,22,24,25). The first-order valence-corrected chi connectivity index (χ1v) is 9.10. The van der Waals surface area contributed by atoms with Crippen LogP contribution >= 0.6 is 12.2 Å². The normalized spacial score (nSPS) is 14.7. The topological polar surface area (TPSA) is 44.4 Å². The summed E-state index contributed by atoms with van der Waals surface area (Å²) in [7, 11) is 0. The van der Waals surface area contributed by atoms with Gasteiger partial charge < -0.3 is 5.32 Å². The maximum Gasteiger partial charge on any atom is 0.257 e. The van der Waals surface area contributed by atoms with Crippen molar-refractivity contribution in [1.29, 1.82) is 0 Å². The fraction of sp³-hybridized carbons (Fsp3) is 0.300. The van der Waals surface area contributed by atoms with Crippen LogP contribution in [0.4, 0.5) is 5.69 Å². The number of hydrogen-bond donors (Lipinski definition) is 2. The van der Waals surface area contributed by atoms with Crippen molar-refractivity contribution in [3.05, 3.63) is 65.7 Å². The highest BCUT2D eigenvalue weighted by Gasteiger charge is 2.10. The van der Waals surface area contributed by atoms with Crippen LogP contribution in [-0.4, -0.2) is 29.0 Å². The molecule has 2 N–H and O–H groups in total. The van der Waals surface area contributed by atoms with Crippen molar-refractivity contribution in [1.82, 2.24) is 10.2 Å². The van der Waals surface area contributed by atoms with Crippen LogP contribution in [0.25, 0.3) is 0 Å². The predicted molar refractivity (Wildman–Crippen MR) is 106 cm³/mol. The van der Waals surface area contributed by atoms with Gasteiger partial charge in [0.25, 0.3) is 5.91 Å². The van der Waals surface area contributed by atoms with E-state index in [0.29, 0.717) is 10.7 Å². The van der Waals surface area contributed by atoms with Gasteiger partial charge in [0, 0.05) is 17.8 Å². The number of carbonyl (C=O) groups is 1. The maximum atomic E-state index is 12.1. The predicted octanol–water partition coefficient (Wildman–Crippen LogP) is 3.80. The average molecular weight is 353 g/mol. The lowest BCUT2D eigenvalue weighted by atomic mass is 10.1. The third-order valence-corrected chi connectivity index (χ3v) is 4.53. The zero-order chi connectivity index (χ0) is 17.5. The van der Waals surface area contributed by atoms with Crippen LogP contribution in [-0.2, 0) is 6.54 Å². The first-order valence-electron chi connectivity index (χ1n) is 8.69. The van der Waals surface area contributed by atoms with Crippen LogP contribution in [0.15, 0.2) is 54.6 Å². The molecule has 1 aliphatic heterocycles.